The first-order valence-electron chi connectivity index (χ1n) is 8.04. The van der Waals surface area contributed by atoms with Crippen molar-refractivity contribution in [3.05, 3.63) is 34.5 Å². The lowest BCUT2D eigenvalue weighted by molar-refractivity contribution is -0.135. The molecule has 0 atom stereocenters. The van der Waals surface area contributed by atoms with Crippen LogP contribution in [-0.2, 0) is 6.54 Å². The molecule has 0 aliphatic carbocycles. The molecule has 132 valence electrons. The highest BCUT2D eigenvalue weighted by molar-refractivity contribution is 5.76. The lowest BCUT2D eigenvalue weighted by atomic mass is 10.1. The fourth-order valence-corrected chi connectivity index (χ4v) is 3.32. The highest BCUT2D eigenvalue weighted by Crippen LogP contribution is 2.25. The van der Waals surface area contributed by atoms with Gasteiger partial charge in [-0.1, -0.05) is 0 Å². The number of nitrogens with zero attached hydrogens (tertiary/aromatic N) is 2. The summed E-state index contributed by atoms with van der Waals surface area (Å²) < 4.78 is 53.6. The van der Waals surface area contributed by atoms with Gasteiger partial charge >= 0.3 is 11.9 Å². The number of alkyl halides is 3. The second kappa shape index (κ2) is 6.58. The van der Waals surface area contributed by atoms with Crippen LogP contribution in [0.4, 0.5) is 17.6 Å². The first-order valence-corrected chi connectivity index (χ1v) is 8.04. The molecule has 2 heterocycles. The Hall–Kier alpha value is -1.83. The van der Waals surface area contributed by atoms with Gasteiger partial charge in [0.1, 0.15) is 5.82 Å². The number of fused-ring (bicyclic) bond motifs is 1. The van der Waals surface area contributed by atoms with Crippen molar-refractivity contribution >= 4 is 11.0 Å². The third kappa shape index (κ3) is 3.48. The van der Waals surface area contributed by atoms with Crippen molar-refractivity contribution in [3.8, 4) is 0 Å². The van der Waals surface area contributed by atoms with E-state index in [9.17, 15) is 22.4 Å². The normalized spacial score (nSPS) is 16.8. The Labute approximate surface area is 136 Å². The Morgan fingerprint density at radius 2 is 1.88 bits per heavy atom. The summed E-state index contributed by atoms with van der Waals surface area (Å²) in [6, 6.07) is 4.02. The van der Waals surface area contributed by atoms with Gasteiger partial charge in [0.05, 0.1) is 11.0 Å². The number of hydrogen-bond acceptors (Lipinski definition) is 2. The zero-order valence-corrected chi connectivity index (χ0v) is 13.1. The van der Waals surface area contributed by atoms with Gasteiger partial charge in [-0.2, -0.15) is 13.2 Å². The first kappa shape index (κ1) is 17.0. The Bertz CT molecular complexity index is 772. The topological polar surface area (TPSA) is 39.0 Å². The van der Waals surface area contributed by atoms with Crippen molar-refractivity contribution in [2.45, 2.75) is 44.4 Å². The van der Waals surface area contributed by atoms with Crippen molar-refractivity contribution in [3.63, 3.8) is 0 Å². The SMILES string of the molecule is O=c1n(CCCC(F)(F)F)c2cc(F)ccc2n1C1CCNCC1. The lowest BCUT2D eigenvalue weighted by Crippen LogP contribution is -2.35. The van der Waals surface area contributed by atoms with Gasteiger partial charge in [-0.05, 0) is 50.6 Å². The third-order valence-electron chi connectivity index (χ3n) is 4.44. The summed E-state index contributed by atoms with van der Waals surface area (Å²) in [5.74, 6) is -0.505. The largest absolute Gasteiger partial charge is 0.389 e. The van der Waals surface area contributed by atoms with Gasteiger partial charge in [0.15, 0.2) is 0 Å². The monoisotopic (exact) mass is 345 g/mol. The highest BCUT2D eigenvalue weighted by Gasteiger charge is 2.27. The third-order valence-corrected chi connectivity index (χ3v) is 4.44. The van der Waals surface area contributed by atoms with Crippen molar-refractivity contribution in [1.29, 1.82) is 0 Å². The molecule has 1 saturated heterocycles. The van der Waals surface area contributed by atoms with Crippen LogP contribution in [-0.4, -0.2) is 28.4 Å². The summed E-state index contributed by atoms with van der Waals surface area (Å²) in [6.07, 6.45) is -3.90. The molecule has 8 heteroatoms. The van der Waals surface area contributed by atoms with Crippen LogP contribution in [0.5, 0.6) is 0 Å². The minimum atomic E-state index is -4.26. The van der Waals surface area contributed by atoms with Crippen molar-refractivity contribution in [2.24, 2.45) is 0 Å². The molecule has 0 radical (unpaired) electrons. The zero-order chi connectivity index (χ0) is 17.3. The predicted molar refractivity (Wildman–Crippen MR) is 82.6 cm³/mol. The zero-order valence-electron chi connectivity index (χ0n) is 13.1. The Balaban J connectivity index is 1.99. The molecule has 1 aliphatic heterocycles. The molecule has 2 aromatic rings. The number of piperidine rings is 1. The smallest absolute Gasteiger partial charge is 0.317 e. The molecule has 24 heavy (non-hydrogen) atoms. The molecule has 0 unspecified atom stereocenters. The van der Waals surface area contributed by atoms with E-state index < -0.39 is 18.4 Å². The van der Waals surface area contributed by atoms with Gasteiger partial charge in [0.2, 0.25) is 0 Å². The summed E-state index contributed by atoms with van der Waals surface area (Å²) in [5, 5.41) is 3.21. The van der Waals surface area contributed by atoms with E-state index in [1.54, 1.807) is 4.57 Å². The molecule has 0 amide bonds. The van der Waals surface area contributed by atoms with Crippen molar-refractivity contribution in [2.75, 3.05) is 13.1 Å². The Morgan fingerprint density at radius 1 is 1.17 bits per heavy atom. The molecule has 1 aromatic carbocycles. The summed E-state index contributed by atoms with van der Waals surface area (Å²) in [7, 11) is 0. The number of aryl methyl sites for hydroxylation is 1. The van der Waals surface area contributed by atoms with Crippen molar-refractivity contribution < 1.29 is 17.6 Å². The maximum atomic E-state index is 13.6. The minimum absolute atomic E-state index is 0.0180. The van der Waals surface area contributed by atoms with E-state index in [4.69, 9.17) is 0 Å². The first-order chi connectivity index (χ1) is 11.4. The number of nitrogens with one attached hydrogen (secondary N) is 1. The Morgan fingerprint density at radius 3 is 2.54 bits per heavy atom. The van der Waals surface area contributed by atoms with Crippen LogP contribution in [0.2, 0.25) is 0 Å². The molecule has 0 bridgehead atoms. The lowest BCUT2D eigenvalue weighted by Gasteiger charge is -2.23. The van der Waals surface area contributed by atoms with Crippen LogP contribution < -0.4 is 11.0 Å². The van der Waals surface area contributed by atoms with Gasteiger partial charge in [0.25, 0.3) is 0 Å². The van der Waals surface area contributed by atoms with E-state index in [2.05, 4.69) is 5.32 Å². The molecular formula is C16H19F4N3O. The summed E-state index contributed by atoms with van der Waals surface area (Å²) in [6.45, 7) is 1.48. The molecule has 1 fully saturated rings. The van der Waals surface area contributed by atoms with E-state index >= 15 is 0 Å². The number of aromatic nitrogens is 2. The van der Waals surface area contributed by atoms with Crippen LogP contribution in [0.15, 0.2) is 23.0 Å². The van der Waals surface area contributed by atoms with Gasteiger partial charge in [-0.15, -0.1) is 0 Å². The fourth-order valence-electron chi connectivity index (χ4n) is 3.32. The van der Waals surface area contributed by atoms with Gasteiger partial charge in [0, 0.05) is 19.0 Å². The van der Waals surface area contributed by atoms with Crippen LogP contribution in [0.3, 0.4) is 0 Å². The Kier molecular flexibility index (Phi) is 4.67. The molecule has 1 aromatic heterocycles. The second-order valence-electron chi connectivity index (χ2n) is 6.14. The second-order valence-corrected chi connectivity index (χ2v) is 6.14. The van der Waals surface area contributed by atoms with E-state index in [1.165, 1.54) is 22.8 Å². The number of halogens is 4. The molecule has 1 N–H and O–H groups in total. The molecule has 0 saturated carbocycles. The molecular weight excluding hydrogens is 326 g/mol. The maximum absolute atomic E-state index is 13.6. The molecule has 4 nitrogen and oxygen atoms in total. The van der Waals surface area contributed by atoms with E-state index in [1.807, 2.05) is 0 Å². The van der Waals surface area contributed by atoms with E-state index in [0.29, 0.717) is 11.0 Å². The van der Waals surface area contributed by atoms with E-state index in [0.717, 1.165) is 25.9 Å². The van der Waals surface area contributed by atoms with Crippen LogP contribution in [0, 0.1) is 5.82 Å². The average molecular weight is 345 g/mol. The number of imidazole rings is 1. The summed E-state index contributed by atoms with van der Waals surface area (Å²) in [4.78, 5) is 12.8. The predicted octanol–water partition coefficient (Wildman–Crippen LogP) is 3.21. The number of rotatable bonds is 4. The summed E-state index contributed by atoms with van der Waals surface area (Å²) in [5.41, 5.74) is 0.589. The van der Waals surface area contributed by atoms with Gasteiger partial charge in [-0.3, -0.25) is 9.13 Å². The molecule has 0 spiro atoms. The summed E-state index contributed by atoms with van der Waals surface area (Å²) >= 11 is 0. The van der Waals surface area contributed by atoms with Crippen LogP contribution >= 0.6 is 0 Å². The van der Waals surface area contributed by atoms with Crippen LogP contribution in [0.25, 0.3) is 11.0 Å². The van der Waals surface area contributed by atoms with Crippen molar-refractivity contribution in [1.82, 2.24) is 14.5 Å². The van der Waals surface area contributed by atoms with Gasteiger partial charge < -0.3 is 5.32 Å². The number of hydrogen-bond donors (Lipinski definition) is 1. The fraction of sp³-hybridized carbons (Fsp3) is 0.562. The number of benzene rings is 1. The minimum Gasteiger partial charge on any atom is -0.317 e. The highest BCUT2D eigenvalue weighted by atomic mass is 19.4. The van der Waals surface area contributed by atoms with E-state index in [-0.39, 0.29) is 24.7 Å². The van der Waals surface area contributed by atoms with Gasteiger partial charge in [-0.25, -0.2) is 9.18 Å². The molecule has 3 rings (SSSR count). The quantitative estimate of drug-likeness (QED) is 0.865. The van der Waals surface area contributed by atoms with Crippen LogP contribution in [0.1, 0.15) is 31.7 Å². The average Bonchev–Trinajstić information content (AvgIpc) is 2.79. The standard InChI is InChI=1S/C16H19F4N3O/c17-11-2-3-13-14(10-11)22(9-1-6-16(18,19)20)15(24)23(13)12-4-7-21-8-5-12/h2-3,10,12,21H,1,4-9H2. The molecule has 1 aliphatic rings. The maximum Gasteiger partial charge on any atom is 0.389 e.